The lowest BCUT2D eigenvalue weighted by atomic mass is 9.65. The van der Waals surface area contributed by atoms with Crippen LogP contribution in [-0.4, -0.2) is 11.4 Å². The summed E-state index contributed by atoms with van der Waals surface area (Å²) < 4.78 is 0. The van der Waals surface area contributed by atoms with Gasteiger partial charge in [-0.3, -0.25) is 4.90 Å². The standard InChI is InChI=1S/C24H23N/c1-24-14-19-10-5-6-12-21(19)22-13-7-11-20(23(22)24)16-25(17-24)15-18-8-3-2-4-9-18/h2-13H,14-17H2,1H3. The number of hydrogen-bond donors (Lipinski definition) is 0. The Hall–Kier alpha value is -2.38. The minimum Gasteiger partial charge on any atom is -0.294 e. The van der Waals surface area contributed by atoms with E-state index in [-0.39, 0.29) is 5.41 Å². The summed E-state index contributed by atoms with van der Waals surface area (Å²) in [5.41, 5.74) is 9.11. The summed E-state index contributed by atoms with van der Waals surface area (Å²) in [6, 6.07) is 26.7. The molecule has 0 N–H and O–H groups in total. The van der Waals surface area contributed by atoms with Crippen molar-refractivity contribution in [3.05, 3.63) is 95.1 Å². The Morgan fingerprint density at radius 1 is 0.800 bits per heavy atom. The Morgan fingerprint density at radius 2 is 1.52 bits per heavy atom. The second-order valence-corrected chi connectivity index (χ2v) is 7.87. The number of rotatable bonds is 2. The Balaban J connectivity index is 1.58. The van der Waals surface area contributed by atoms with Crippen LogP contribution in [0.25, 0.3) is 11.1 Å². The molecular weight excluding hydrogens is 302 g/mol. The molecule has 0 saturated heterocycles. The van der Waals surface area contributed by atoms with Crippen molar-refractivity contribution in [1.29, 1.82) is 0 Å². The first-order valence-electron chi connectivity index (χ1n) is 9.20. The van der Waals surface area contributed by atoms with Gasteiger partial charge in [0.2, 0.25) is 0 Å². The molecule has 5 rings (SSSR count). The van der Waals surface area contributed by atoms with E-state index in [9.17, 15) is 0 Å². The molecule has 0 aromatic heterocycles. The van der Waals surface area contributed by atoms with Crippen molar-refractivity contribution in [2.75, 3.05) is 6.54 Å². The quantitative estimate of drug-likeness (QED) is 0.627. The van der Waals surface area contributed by atoms with E-state index in [1.54, 1.807) is 5.56 Å². The van der Waals surface area contributed by atoms with Gasteiger partial charge in [0.15, 0.2) is 0 Å². The van der Waals surface area contributed by atoms with E-state index < -0.39 is 0 Å². The lowest BCUT2D eigenvalue weighted by Crippen LogP contribution is -2.46. The fourth-order valence-corrected chi connectivity index (χ4v) is 4.99. The van der Waals surface area contributed by atoms with Gasteiger partial charge in [0.05, 0.1) is 0 Å². The van der Waals surface area contributed by atoms with Crippen LogP contribution in [0.5, 0.6) is 0 Å². The number of benzene rings is 3. The van der Waals surface area contributed by atoms with Crippen molar-refractivity contribution in [1.82, 2.24) is 4.90 Å². The van der Waals surface area contributed by atoms with Crippen LogP contribution >= 0.6 is 0 Å². The van der Waals surface area contributed by atoms with Crippen LogP contribution < -0.4 is 0 Å². The van der Waals surface area contributed by atoms with Crippen LogP contribution in [-0.2, 0) is 24.9 Å². The van der Waals surface area contributed by atoms with Gasteiger partial charge in [0.1, 0.15) is 0 Å². The van der Waals surface area contributed by atoms with Crippen LogP contribution in [0, 0.1) is 0 Å². The largest absolute Gasteiger partial charge is 0.294 e. The molecule has 1 heterocycles. The Kier molecular flexibility index (Phi) is 3.33. The molecule has 1 aliphatic heterocycles. The first-order valence-corrected chi connectivity index (χ1v) is 9.20. The van der Waals surface area contributed by atoms with Gasteiger partial charge in [-0.2, -0.15) is 0 Å². The number of fused-ring (bicyclic) bond motifs is 2. The molecule has 25 heavy (non-hydrogen) atoms. The highest BCUT2D eigenvalue weighted by molar-refractivity contribution is 5.76. The zero-order valence-corrected chi connectivity index (χ0v) is 14.7. The Bertz CT molecular complexity index is 928. The van der Waals surface area contributed by atoms with E-state index in [0.29, 0.717) is 0 Å². The van der Waals surface area contributed by atoms with Crippen molar-refractivity contribution in [3.63, 3.8) is 0 Å². The third kappa shape index (κ3) is 2.42. The van der Waals surface area contributed by atoms with E-state index in [1.807, 2.05) is 0 Å². The van der Waals surface area contributed by atoms with Crippen LogP contribution in [0.3, 0.4) is 0 Å². The zero-order chi connectivity index (χ0) is 16.9. The van der Waals surface area contributed by atoms with E-state index in [2.05, 4.69) is 84.6 Å². The van der Waals surface area contributed by atoms with Gasteiger partial charge in [-0.1, -0.05) is 79.7 Å². The molecule has 0 bridgehead atoms. The molecule has 124 valence electrons. The molecule has 0 amide bonds. The zero-order valence-electron chi connectivity index (χ0n) is 14.7. The summed E-state index contributed by atoms with van der Waals surface area (Å²) in [6.07, 6.45) is 1.14. The van der Waals surface area contributed by atoms with E-state index >= 15 is 0 Å². The van der Waals surface area contributed by atoms with Gasteiger partial charge < -0.3 is 0 Å². The molecule has 1 unspecified atom stereocenters. The van der Waals surface area contributed by atoms with Gasteiger partial charge in [-0.15, -0.1) is 0 Å². The molecule has 1 atom stereocenters. The Labute approximate surface area is 149 Å². The highest BCUT2D eigenvalue weighted by atomic mass is 15.1. The first kappa shape index (κ1) is 14.9. The molecule has 3 aromatic carbocycles. The summed E-state index contributed by atoms with van der Waals surface area (Å²) in [6.45, 7) is 5.67. The van der Waals surface area contributed by atoms with Crippen LogP contribution in [0.4, 0.5) is 0 Å². The van der Waals surface area contributed by atoms with Crippen molar-refractivity contribution in [2.24, 2.45) is 0 Å². The van der Waals surface area contributed by atoms with Crippen LogP contribution in [0.1, 0.15) is 29.2 Å². The maximum Gasteiger partial charge on any atom is 0.0240 e. The maximum atomic E-state index is 2.62. The molecule has 1 heteroatoms. The van der Waals surface area contributed by atoms with Gasteiger partial charge >= 0.3 is 0 Å². The second kappa shape index (κ2) is 5.57. The summed E-state index contributed by atoms with van der Waals surface area (Å²) in [4.78, 5) is 2.62. The molecular formula is C24H23N. The number of nitrogens with zero attached hydrogens (tertiary/aromatic N) is 1. The molecule has 1 nitrogen and oxygen atoms in total. The third-order valence-electron chi connectivity index (χ3n) is 5.86. The third-order valence-corrected chi connectivity index (χ3v) is 5.86. The average Bonchev–Trinajstić information content (AvgIpc) is 2.62. The van der Waals surface area contributed by atoms with Crippen LogP contribution in [0.2, 0.25) is 0 Å². The van der Waals surface area contributed by atoms with Gasteiger partial charge in [0.25, 0.3) is 0 Å². The lowest BCUT2D eigenvalue weighted by molar-refractivity contribution is 0.175. The predicted octanol–water partition coefficient (Wildman–Crippen LogP) is 5.18. The molecule has 0 fully saturated rings. The first-order chi connectivity index (χ1) is 12.2. The van der Waals surface area contributed by atoms with Crippen molar-refractivity contribution in [3.8, 4) is 11.1 Å². The summed E-state index contributed by atoms with van der Waals surface area (Å²) in [5, 5.41) is 0. The normalized spacial score (nSPS) is 21.5. The number of hydrogen-bond acceptors (Lipinski definition) is 1. The smallest absolute Gasteiger partial charge is 0.0240 e. The van der Waals surface area contributed by atoms with Gasteiger partial charge in [-0.25, -0.2) is 0 Å². The van der Waals surface area contributed by atoms with E-state index in [1.165, 1.54) is 27.8 Å². The molecule has 0 spiro atoms. The summed E-state index contributed by atoms with van der Waals surface area (Å²) in [5.74, 6) is 0. The van der Waals surface area contributed by atoms with E-state index in [4.69, 9.17) is 0 Å². The SMILES string of the molecule is CC12Cc3ccccc3-c3cccc(c31)CN(Cc1ccccc1)C2. The van der Waals surface area contributed by atoms with E-state index in [0.717, 1.165) is 26.1 Å². The van der Waals surface area contributed by atoms with Crippen molar-refractivity contribution in [2.45, 2.75) is 31.8 Å². The predicted molar refractivity (Wildman–Crippen MR) is 103 cm³/mol. The summed E-state index contributed by atoms with van der Waals surface area (Å²) >= 11 is 0. The van der Waals surface area contributed by atoms with Crippen LogP contribution in [0.15, 0.2) is 72.8 Å². The minimum atomic E-state index is 0.202. The van der Waals surface area contributed by atoms with Gasteiger partial charge in [0, 0.05) is 25.0 Å². The van der Waals surface area contributed by atoms with Gasteiger partial charge in [-0.05, 0) is 39.8 Å². The van der Waals surface area contributed by atoms with Crippen molar-refractivity contribution >= 4 is 0 Å². The lowest BCUT2D eigenvalue weighted by Gasteiger charge is -2.46. The Morgan fingerprint density at radius 3 is 2.40 bits per heavy atom. The second-order valence-electron chi connectivity index (χ2n) is 7.87. The monoisotopic (exact) mass is 325 g/mol. The minimum absolute atomic E-state index is 0.202. The summed E-state index contributed by atoms with van der Waals surface area (Å²) in [7, 11) is 0. The van der Waals surface area contributed by atoms with Crippen molar-refractivity contribution < 1.29 is 0 Å². The molecule has 2 aliphatic rings. The fraction of sp³-hybridized carbons (Fsp3) is 0.250. The fourth-order valence-electron chi connectivity index (χ4n) is 4.99. The molecule has 3 aromatic rings. The highest BCUT2D eigenvalue weighted by Gasteiger charge is 2.40. The average molecular weight is 325 g/mol. The maximum absolute atomic E-state index is 2.62. The topological polar surface area (TPSA) is 3.24 Å². The highest BCUT2D eigenvalue weighted by Crippen LogP contribution is 2.47. The molecule has 0 saturated carbocycles. The molecule has 0 radical (unpaired) electrons. The molecule has 1 aliphatic carbocycles.